The summed E-state index contributed by atoms with van der Waals surface area (Å²) >= 11 is 0. The summed E-state index contributed by atoms with van der Waals surface area (Å²) in [5.41, 5.74) is 7.94. The molecule has 0 N–H and O–H groups in total. The van der Waals surface area contributed by atoms with Gasteiger partial charge in [-0.1, -0.05) is 121 Å². The predicted molar refractivity (Wildman–Crippen MR) is 157 cm³/mol. The van der Waals surface area contributed by atoms with Gasteiger partial charge in [0.25, 0.3) is 0 Å². The molecule has 0 radical (unpaired) electrons. The number of rotatable bonds is 2. The first kappa shape index (κ1) is 20.9. The van der Waals surface area contributed by atoms with Gasteiger partial charge in [0.05, 0.1) is 0 Å². The summed E-state index contributed by atoms with van der Waals surface area (Å²) in [6, 6.07) is 44.5. The molecule has 0 fully saturated rings. The second-order valence-electron chi connectivity index (χ2n) is 9.80. The summed E-state index contributed by atoms with van der Waals surface area (Å²) in [7, 11) is 0. The summed E-state index contributed by atoms with van der Waals surface area (Å²) in [4.78, 5) is 0. The van der Waals surface area contributed by atoms with Crippen LogP contribution < -0.4 is 0 Å². The standard InChI is InChI=1S/C36H26/c1-23-19-21-25-11-3-5-13-27(25)33(23)35-29-15-7-9-17-31(29)36(32-18-10-8-16-30(32)35)34-24(2)20-22-26-12-4-6-14-28(26)34/h3-22H,1-2H3. The number of benzene rings is 7. The van der Waals surface area contributed by atoms with E-state index in [1.807, 2.05) is 0 Å². The third kappa shape index (κ3) is 3.01. The highest BCUT2D eigenvalue weighted by Gasteiger charge is 2.20. The molecule has 0 heteroatoms. The molecule has 0 heterocycles. The Labute approximate surface area is 211 Å². The smallest absolute Gasteiger partial charge is 0.00175 e. The third-order valence-corrected chi connectivity index (χ3v) is 7.71. The minimum absolute atomic E-state index is 1.28. The van der Waals surface area contributed by atoms with Crippen molar-refractivity contribution in [3.63, 3.8) is 0 Å². The van der Waals surface area contributed by atoms with Gasteiger partial charge in [-0.05, 0) is 90.3 Å². The first-order valence-electron chi connectivity index (χ1n) is 12.6. The number of hydrogen-bond donors (Lipinski definition) is 0. The average molecular weight is 459 g/mol. The van der Waals surface area contributed by atoms with E-state index in [9.17, 15) is 0 Å². The summed E-state index contributed by atoms with van der Waals surface area (Å²) < 4.78 is 0. The molecule has 7 aromatic rings. The van der Waals surface area contributed by atoms with E-state index in [1.165, 1.54) is 76.5 Å². The van der Waals surface area contributed by atoms with Gasteiger partial charge < -0.3 is 0 Å². The van der Waals surface area contributed by atoms with Gasteiger partial charge in [0.15, 0.2) is 0 Å². The molecule has 0 amide bonds. The minimum atomic E-state index is 1.28. The monoisotopic (exact) mass is 458 g/mol. The summed E-state index contributed by atoms with van der Waals surface area (Å²) in [6.07, 6.45) is 0. The Balaban J connectivity index is 1.74. The molecule has 7 aromatic carbocycles. The van der Waals surface area contributed by atoms with Crippen LogP contribution in [0.15, 0.2) is 121 Å². The Morgan fingerprint density at radius 3 is 0.944 bits per heavy atom. The molecule has 0 bridgehead atoms. The molecule has 0 unspecified atom stereocenters. The highest BCUT2D eigenvalue weighted by Crippen LogP contribution is 2.48. The van der Waals surface area contributed by atoms with Gasteiger partial charge >= 0.3 is 0 Å². The second kappa shape index (κ2) is 8.07. The molecule has 0 aliphatic carbocycles. The molecule has 7 rings (SSSR count). The summed E-state index contributed by atoms with van der Waals surface area (Å²) in [6.45, 7) is 4.49. The van der Waals surface area contributed by atoms with Crippen LogP contribution in [0.1, 0.15) is 11.1 Å². The molecule has 0 aromatic heterocycles. The van der Waals surface area contributed by atoms with Gasteiger partial charge in [-0.3, -0.25) is 0 Å². The van der Waals surface area contributed by atoms with Crippen molar-refractivity contribution in [1.29, 1.82) is 0 Å². The van der Waals surface area contributed by atoms with Crippen LogP contribution in [0.3, 0.4) is 0 Å². The molecule has 0 atom stereocenters. The van der Waals surface area contributed by atoms with Crippen molar-refractivity contribution < 1.29 is 0 Å². The number of fused-ring (bicyclic) bond motifs is 4. The highest BCUT2D eigenvalue weighted by molar-refractivity contribution is 6.25. The molecule has 0 saturated carbocycles. The predicted octanol–water partition coefficient (Wildman–Crippen LogP) is 10.3. The van der Waals surface area contributed by atoms with Gasteiger partial charge in [-0.25, -0.2) is 0 Å². The van der Waals surface area contributed by atoms with E-state index in [0.717, 1.165) is 0 Å². The van der Waals surface area contributed by atoms with E-state index >= 15 is 0 Å². The molecule has 0 saturated heterocycles. The Kier molecular flexibility index (Phi) is 4.69. The number of aryl methyl sites for hydroxylation is 2. The van der Waals surface area contributed by atoms with Gasteiger partial charge in [0.1, 0.15) is 0 Å². The zero-order valence-corrected chi connectivity index (χ0v) is 20.5. The summed E-state index contributed by atoms with van der Waals surface area (Å²) in [5, 5.41) is 10.4. The van der Waals surface area contributed by atoms with Crippen molar-refractivity contribution in [2.24, 2.45) is 0 Å². The van der Waals surface area contributed by atoms with E-state index in [1.54, 1.807) is 0 Å². The van der Waals surface area contributed by atoms with Gasteiger partial charge in [0, 0.05) is 0 Å². The highest BCUT2D eigenvalue weighted by atomic mass is 14.2. The van der Waals surface area contributed by atoms with E-state index in [0.29, 0.717) is 0 Å². The fraction of sp³-hybridized carbons (Fsp3) is 0.0556. The van der Waals surface area contributed by atoms with Gasteiger partial charge in [-0.15, -0.1) is 0 Å². The van der Waals surface area contributed by atoms with Crippen molar-refractivity contribution in [1.82, 2.24) is 0 Å². The van der Waals surface area contributed by atoms with E-state index in [4.69, 9.17) is 0 Å². The first-order chi connectivity index (χ1) is 17.7. The normalized spacial score (nSPS) is 11.6. The van der Waals surface area contributed by atoms with Crippen molar-refractivity contribution in [3.8, 4) is 22.3 Å². The van der Waals surface area contributed by atoms with Gasteiger partial charge in [-0.2, -0.15) is 0 Å². The first-order valence-corrected chi connectivity index (χ1v) is 12.6. The lowest BCUT2D eigenvalue weighted by atomic mass is 9.81. The Morgan fingerprint density at radius 2 is 0.583 bits per heavy atom. The molecule has 0 nitrogen and oxygen atoms in total. The Hall–Kier alpha value is -4.42. The SMILES string of the molecule is Cc1ccc2ccccc2c1-c1c2ccccc2c(-c2c(C)ccc3ccccc23)c2ccccc12. The van der Waals surface area contributed by atoms with E-state index < -0.39 is 0 Å². The van der Waals surface area contributed by atoms with Crippen LogP contribution in [0.2, 0.25) is 0 Å². The van der Waals surface area contributed by atoms with Crippen molar-refractivity contribution in [2.75, 3.05) is 0 Å². The van der Waals surface area contributed by atoms with Crippen molar-refractivity contribution >= 4 is 43.1 Å². The van der Waals surface area contributed by atoms with Crippen LogP contribution in [-0.2, 0) is 0 Å². The lowest BCUT2D eigenvalue weighted by Gasteiger charge is -2.21. The third-order valence-electron chi connectivity index (χ3n) is 7.71. The maximum absolute atomic E-state index is 2.31. The lowest BCUT2D eigenvalue weighted by molar-refractivity contribution is 1.49. The van der Waals surface area contributed by atoms with Crippen molar-refractivity contribution in [2.45, 2.75) is 13.8 Å². The zero-order valence-electron chi connectivity index (χ0n) is 20.5. The zero-order chi connectivity index (χ0) is 24.2. The Morgan fingerprint density at radius 1 is 0.278 bits per heavy atom. The summed E-state index contributed by atoms with van der Waals surface area (Å²) in [5.74, 6) is 0. The van der Waals surface area contributed by atoms with E-state index in [-0.39, 0.29) is 0 Å². The average Bonchev–Trinajstić information content (AvgIpc) is 2.93. The van der Waals surface area contributed by atoms with Crippen LogP contribution in [-0.4, -0.2) is 0 Å². The van der Waals surface area contributed by atoms with Crippen LogP contribution in [0.4, 0.5) is 0 Å². The fourth-order valence-corrected chi connectivity index (χ4v) is 6.09. The molecule has 36 heavy (non-hydrogen) atoms. The largest absolute Gasteiger partial charge is 0.0616 e. The molecular weight excluding hydrogens is 432 g/mol. The van der Waals surface area contributed by atoms with Crippen LogP contribution in [0, 0.1) is 13.8 Å². The number of hydrogen-bond acceptors (Lipinski definition) is 0. The molecule has 0 spiro atoms. The fourth-order valence-electron chi connectivity index (χ4n) is 6.09. The van der Waals surface area contributed by atoms with Gasteiger partial charge in [0.2, 0.25) is 0 Å². The van der Waals surface area contributed by atoms with Crippen LogP contribution in [0.5, 0.6) is 0 Å². The second-order valence-corrected chi connectivity index (χ2v) is 9.80. The maximum Gasteiger partial charge on any atom is -0.00175 e. The topological polar surface area (TPSA) is 0 Å². The van der Waals surface area contributed by atoms with Crippen LogP contribution in [0.25, 0.3) is 65.3 Å². The lowest BCUT2D eigenvalue weighted by Crippen LogP contribution is -1.95. The quantitative estimate of drug-likeness (QED) is 0.226. The van der Waals surface area contributed by atoms with Crippen molar-refractivity contribution in [3.05, 3.63) is 132 Å². The maximum atomic E-state index is 2.31. The molecule has 0 aliphatic heterocycles. The van der Waals surface area contributed by atoms with E-state index in [2.05, 4.69) is 135 Å². The molecular formula is C36H26. The molecule has 170 valence electrons. The minimum Gasteiger partial charge on any atom is -0.0616 e. The Bertz CT molecular complexity index is 1760. The van der Waals surface area contributed by atoms with Crippen LogP contribution >= 0.6 is 0 Å². The molecule has 0 aliphatic rings.